The number of H-pyrrole nitrogens is 2. The molecule has 0 fully saturated rings. The summed E-state index contributed by atoms with van der Waals surface area (Å²) < 4.78 is 0. The second-order valence-corrected chi connectivity index (χ2v) is 24.5. The van der Waals surface area contributed by atoms with E-state index >= 15 is 0 Å². The van der Waals surface area contributed by atoms with Crippen LogP contribution < -0.4 is 97.8 Å². The molecule has 0 aliphatic rings. The Labute approximate surface area is 584 Å². The van der Waals surface area contributed by atoms with E-state index in [1.807, 2.05) is 0 Å². The van der Waals surface area contributed by atoms with E-state index < -0.39 is 224 Å². The van der Waals surface area contributed by atoms with E-state index in [4.69, 9.17) is 28.7 Å². The molecule has 0 unspecified atom stereocenters. The minimum atomic E-state index is -1.76. The van der Waals surface area contributed by atoms with Gasteiger partial charge < -0.3 is 118 Å². The molecule has 0 bridgehead atoms. The molecule has 0 aliphatic heterocycles. The lowest BCUT2D eigenvalue weighted by Crippen LogP contribution is -2.60. The highest BCUT2D eigenvalue weighted by Gasteiger charge is 2.36. The Morgan fingerprint density at radius 2 is 0.843 bits per heavy atom. The Hall–Kier alpha value is -11.2. The average molecular weight is 1450 g/mol. The van der Waals surface area contributed by atoms with Gasteiger partial charge in [-0.15, -0.1) is 0 Å². The van der Waals surface area contributed by atoms with Crippen LogP contribution >= 0.6 is 0 Å². The molecule has 0 saturated carbocycles. The summed E-state index contributed by atoms with van der Waals surface area (Å²) in [4.78, 5) is 246. The Kier molecular flexibility index (Phi) is 38.1. The van der Waals surface area contributed by atoms with Crippen LogP contribution in [-0.2, 0) is 99.1 Å². The molecule has 0 aliphatic carbocycles. The van der Waals surface area contributed by atoms with Crippen LogP contribution in [-0.4, -0.2) is 229 Å². The van der Waals surface area contributed by atoms with E-state index in [1.165, 1.54) is 52.7 Å². The molecular weight excluding hydrogens is 1350 g/mol. The van der Waals surface area contributed by atoms with Gasteiger partial charge in [-0.25, -0.2) is 14.8 Å². The summed E-state index contributed by atoms with van der Waals surface area (Å²) in [5.41, 5.74) is 28.1. The van der Waals surface area contributed by atoms with Crippen molar-refractivity contribution < 1.29 is 96.5 Å². The summed E-state index contributed by atoms with van der Waals surface area (Å²) in [6.07, 6.45) is 2.22. The number of hydrogen-bond acceptors (Lipinski definition) is 22. The third-order valence-electron chi connectivity index (χ3n) is 14.9. The monoisotopic (exact) mass is 1440 g/mol. The summed E-state index contributed by atoms with van der Waals surface area (Å²) in [6.45, 7) is 6.60. The number of carbonyl (C=O) groups excluding carboxylic acids is 16. The topological polar surface area (TPSA) is 692 Å². The molecule has 27 N–H and O–H groups in total. The zero-order valence-electron chi connectivity index (χ0n) is 57.4. The number of primary amides is 3. The highest BCUT2D eigenvalue weighted by molar-refractivity contribution is 5.99. The summed E-state index contributed by atoms with van der Waals surface area (Å²) >= 11 is 0. The van der Waals surface area contributed by atoms with Gasteiger partial charge in [-0.1, -0.05) is 27.7 Å². The first-order valence-electron chi connectivity index (χ1n) is 32.4. The summed E-state index contributed by atoms with van der Waals surface area (Å²) in [5.74, 6) is -19.0. The van der Waals surface area contributed by atoms with Gasteiger partial charge in [-0.05, 0) is 77.2 Å². The molecule has 11 atom stereocenters. The number of carboxylic acid groups (broad SMARTS) is 2. The molecule has 2 heterocycles. The van der Waals surface area contributed by atoms with Crippen LogP contribution in [0, 0.1) is 11.8 Å². The van der Waals surface area contributed by atoms with Gasteiger partial charge in [-0.3, -0.25) is 81.5 Å². The van der Waals surface area contributed by atoms with E-state index in [0.717, 1.165) is 0 Å². The predicted octanol–water partition coefficient (Wildman–Crippen LogP) is -9.33. The minimum Gasteiger partial charge on any atom is -0.481 e. The van der Waals surface area contributed by atoms with Gasteiger partial charge in [0.1, 0.15) is 60.4 Å². The molecule has 566 valence electrons. The summed E-state index contributed by atoms with van der Waals surface area (Å²) in [6, 6.07) is -16.2. The van der Waals surface area contributed by atoms with E-state index in [9.17, 15) is 96.5 Å². The molecule has 0 spiro atoms. The van der Waals surface area contributed by atoms with Crippen LogP contribution in [0.15, 0.2) is 25.0 Å². The summed E-state index contributed by atoms with van der Waals surface area (Å²) in [5, 5.41) is 49.5. The van der Waals surface area contributed by atoms with Gasteiger partial charge in [0.05, 0.1) is 44.8 Å². The van der Waals surface area contributed by atoms with Gasteiger partial charge in [0, 0.05) is 55.9 Å². The first-order chi connectivity index (χ1) is 47.9. The van der Waals surface area contributed by atoms with Gasteiger partial charge in [0.25, 0.3) is 0 Å². The third-order valence-corrected chi connectivity index (χ3v) is 14.9. The van der Waals surface area contributed by atoms with Crippen molar-refractivity contribution in [3.05, 3.63) is 36.4 Å². The Morgan fingerprint density at radius 3 is 1.31 bits per heavy atom. The highest BCUT2D eigenvalue weighted by Crippen LogP contribution is 2.12. The number of amides is 16. The molecule has 0 saturated heterocycles. The number of nitrogens with zero attached hydrogens (tertiary/aromatic N) is 2. The van der Waals surface area contributed by atoms with Crippen molar-refractivity contribution in [3.8, 4) is 0 Å². The lowest BCUT2D eigenvalue weighted by Gasteiger charge is -2.27. The zero-order chi connectivity index (χ0) is 76.9. The maximum atomic E-state index is 14.3. The molecule has 2 rings (SSSR count). The van der Waals surface area contributed by atoms with Crippen LogP contribution in [0.2, 0.25) is 0 Å². The number of unbranched alkanes of at least 4 members (excludes halogenated alkanes) is 1. The van der Waals surface area contributed by atoms with Gasteiger partial charge in [0.15, 0.2) is 0 Å². The van der Waals surface area contributed by atoms with E-state index in [-0.39, 0.29) is 63.8 Å². The van der Waals surface area contributed by atoms with Crippen molar-refractivity contribution in [2.24, 2.45) is 40.5 Å². The first-order valence-corrected chi connectivity index (χ1v) is 32.4. The second kappa shape index (κ2) is 44.7. The van der Waals surface area contributed by atoms with Crippen molar-refractivity contribution in [2.75, 3.05) is 26.2 Å². The van der Waals surface area contributed by atoms with Gasteiger partial charge >= 0.3 is 11.9 Å². The van der Waals surface area contributed by atoms with Crippen LogP contribution in [0.1, 0.15) is 124 Å². The van der Waals surface area contributed by atoms with Crippen LogP contribution in [0.25, 0.3) is 0 Å². The van der Waals surface area contributed by atoms with E-state index in [2.05, 4.69) is 89.1 Å². The van der Waals surface area contributed by atoms with Crippen molar-refractivity contribution in [1.82, 2.24) is 89.1 Å². The molecule has 42 heteroatoms. The SMILES string of the molecule is CC(C)C[C@H](NC(=O)[C@H](Cc1cnc[nH]1)NC(=O)[C@H](Cc1cnc[nH]1)NC(=O)[C@H](CCC(N)=O)NC(=O)[C@@H](N)CCC(N)=O)C(=O)NCC(=O)NCC(=O)N[C@@H](C)C(=O)N[C@@H](CCCCN)C(=O)N[C@@H](CCC(N)=O)C(=O)N[C@@H](C)C(=O)NCC(=O)N[C@@H](CC(=O)O)C(=O)N[C@H](C(=O)O)C(C)C. The Bertz CT molecular complexity index is 3240. The number of carboxylic acids is 2. The lowest BCUT2D eigenvalue weighted by molar-refractivity contribution is -0.144. The zero-order valence-corrected chi connectivity index (χ0v) is 57.4. The number of carbonyl (C=O) groups is 18. The Morgan fingerprint density at radius 1 is 0.431 bits per heavy atom. The normalized spacial score (nSPS) is 14.2. The van der Waals surface area contributed by atoms with E-state index in [0.29, 0.717) is 17.8 Å². The van der Waals surface area contributed by atoms with Crippen LogP contribution in [0.4, 0.5) is 0 Å². The molecule has 0 radical (unpaired) electrons. The third kappa shape index (κ3) is 34.0. The fraction of sp³-hybridized carbons (Fsp3) is 0.600. The van der Waals surface area contributed by atoms with Crippen molar-refractivity contribution in [1.29, 1.82) is 0 Å². The predicted molar refractivity (Wildman–Crippen MR) is 355 cm³/mol. The van der Waals surface area contributed by atoms with Gasteiger partial charge in [0.2, 0.25) is 94.5 Å². The van der Waals surface area contributed by atoms with Crippen LogP contribution in [0.3, 0.4) is 0 Å². The fourth-order valence-electron chi connectivity index (χ4n) is 9.31. The number of aromatic nitrogens is 4. The van der Waals surface area contributed by atoms with E-state index in [1.54, 1.807) is 13.8 Å². The number of nitrogens with two attached hydrogens (primary N) is 5. The number of rotatable bonds is 49. The minimum absolute atomic E-state index is 0.0190. The lowest BCUT2D eigenvalue weighted by atomic mass is 10.0. The maximum Gasteiger partial charge on any atom is 0.326 e. The molecular formula is C60H96N22O20. The molecule has 0 aromatic carbocycles. The maximum absolute atomic E-state index is 14.3. The number of aromatic amines is 2. The first kappa shape index (κ1) is 86.9. The Balaban J connectivity index is 2.17. The number of hydrogen-bond donors (Lipinski definition) is 22. The smallest absolute Gasteiger partial charge is 0.326 e. The van der Waals surface area contributed by atoms with Crippen molar-refractivity contribution in [3.63, 3.8) is 0 Å². The average Bonchev–Trinajstić information content (AvgIpc) is 1.22. The molecule has 2 aromatic rings. The molecule has 16 amide bonds. The second-order valence-electron chi connectivity index (χ2n) is 24.5. The van der Waals surface area contributed by atoms with Gasteiger partial charge in [-0.2, -0.15) is 0 Å². The number of aliphatic carboxylic acids is 2. The quantitative estimate of drug-likeness (QED) is 0.0274. The van der Waals surface area contributed by atoms with Crippen LogP contribution in [0.5, 0.6) is 0 Å². The fourth-order valence-corrected chi connectivity index (χ4v) is 9.31. The highest BCUT2D eigenvalue weighted by atomic mass is 16.4. The molecule has 2 aromatic heterocycles. The standard InChI is InChI=1S/C60H96N22O20/c1-28(2)17-38(79-57(98)40(19-33-22-67-27-72-33)81-58(99)39(18-32-21-66-26-71-32)80-56(97)37(12-15-44(65)85)77-52(93)34(62)10-13-42(63)83)53(94)70-23-45(86)68-24-46(87)73-31(6)51(92)76-35(9-7-8-16-61)55(96)78-36(11-14-43(64)84)54(95)74-30(5)50(91)69-25-47(88)75-41(20-48(89)90)59(100)82-49(29(3)4)60(101)102/h21-22,26-31,34-41,49H,7-20,23-25,61-62H2,1-6H3,(H2,63,83)(H2,64,84)(H2,65,85)(H,66,71)(H,67,72)(H,68,86)(H,69,91)(H,70,94)(H,73,87)(H,74,95)(H,75,88)(H,76,92)(H,77,93)(H,78,96)(H,79,98)(H,80,97)(H,81,99)(H,82,100)(H,89,90)(H,101,102)/t30-,31-,34-,35-,36-,37-,38-,39-,40-,41-,49-/m0/s1. The number of imidazole rings is 2. The number of nitrogens with one attached hydrogen (secondary N) is 15. The molecule has 42 nitrogen and oxygen atoms in total. The van der Waals surface area contributed by atoms with Crippen molar-refractivity contribution in [2.45, 2.75) is 191 Å². The molecule has 102 heavy (non-hydrogen) atoms. The largest absolute Gasteiger partial charge is 0.481 e. The van der Waals surface area contributed by atoms with Crippen molar-refractivity contribution >= 4 is 106 Å². The summed E-state index contributed by atoms with van der Waals surface area (Å²) in [7, 11) is 0.